The van der Waals surface area contributed by atoms with Gasteiger partial charge in [-0.15, -0.1) is 11.3 Å². The van der Waals surface area contributed by atoms with Gasteiger partial charge in [-0.05, 0) is 51.0 Å². The largest absolute Gasteiger partial charge is 0.481 e. The molecular weight excluding hydrogens is 352 g/mol. The summed E-state index contributed by atoms with van der Waals surface area (Å²) in [4.78, 5) is 29.8. The number of nitrogens with zero attached hydrogens (tertiary/aromatic N) is 2. The topological polar surface area (TPSA) is 79.7 Å². The average molecular weight is 376 g/mol. The fourth-order valence-electron chi connectivity index (χ4n) is 2.79. The van der Waals surface area contributed by atoms with Crippen LogP contribution in [0.25, 0.3) is 0 Å². The molecule has 1 aromatic heterocycles. The molecule has 2 rings (SSSR count). The van der Waals surface area contributed by atoms with Crippen LogP contribution in [-0.4, -0.2) is 46.1 Å². The third-order valence-corrected chi connectivity index (χ3v) is 4.82. The number of rotatable bonds is 8. The molecule has 0 saturated carbocycles. The maximum Gasteiger partial charge on any atom is 0.341 e. The molecule has 0 saturated heterocycles. The molecule has 0 bridgehead atoms. The highest BCUT2D eigenvalue weighted by atomic mass is 32.1. The predicted molar refractivity (Wildman–Crippen MR) is 101 cm³/mol. The van der Waals surface area contributed by atoms with E-state index >= 15 is 0 Å². The third kappa shape index (κ3) is 5.05. The van der Waals surface area contributed by atoms with Crippen molar-refractivity contribution in [1.29, 1.82) is 0 Å². The summed E-state index contributed by atoms with van der Waals surface area (Å²) in [7, 11) is 0. The van der Waals surface area contributed by atoms with E-state index in [1.807, 2.05) is 38.0 Å². The lowest BCUT2D eigenvalue weighted by atomic mass is 10.0. The van der Waals surface area contributed by atoms with Crippen molar-refractivity contribution in [2.24, 2.45) is 0 Å². The molecule has 0 fully saturated rings. The maximum atomic E-state index is 13.0. The van der Waals surface area contributed by atoms with E-state index in [0.717, 1.165) is 22.6 Å². The minimum atomic E-state index is -1.03. The average Bonchev–Trinajstić information content (AvgIpc) is 3.06. The molecule has 26 heavy (non-hydrogen) atoms. The van der Waals surface area contributed by atoms with Crippen LogP contribution in [-0.2, 0) is 11.2 Å². The van der Waals surface area contributed by atoms with Gasteiger partial charge in [-0.1, -0.05) is 0 Å². The van der Waals surface area contributed by atoms with E-state index in [4.69, 9.17) is 9.84 Å². The molecule has 0 radical (unpaired) electrons. The monoisotopic (exact) mass is 376 g/mol. The van der Waals surface area contributed by atoms with Crippen LogP contribution in [0.15, 0.2) is 23.7 Å². The molecule has 140 valence electrons. The molecule has 1 N–H and O–H groups in total. The Morgan fingerprint density at radius 1 is 1.27 bits per heavy atom. The first-order chi connectivity index (χ1) is 12.3. The summed E-state index contributed by atoms with van der Waals surface area (Å²) in [5.74, 6) is -0.563. The van der Waals surface area contributed by atoms with Gasteiger partial charge in [0.05, 0.1) is 5.01 Å². The summed E-state index contributed by atoms with van der Waals surface area (Å²) in [5, 5.41) is 11.7. The minimum Gasteiger partial charge on any atom is -0.481 e. The molecule has 0 aliphatic rings. The van der Waals surface area contributed by atoms with Crippen molar-refractivity contribution in [2.75, 3.05) is 13.2 Å². The van der Waals surface area contributed by atoms with Gasteiger partial charge in [0.15, 0.2) is 6.61 Å². The Kier molecular flexibility index (Phi) is 6.74. The first kappa shape index (κ1) is 19.9. The minimum absolute atomic E-state index is 0.0486. The summed E-state index contributed by atoms with van der Waals surface area (Å²) in [6.07, 6.45) is 2.49. The van der Waals surface area contributed by atoms with Crippen LogP contribution < -0.4 is 4.74 Å². The number of carboxylic acid groups (broad SMARTS) is 1. The molecule has 6 nitrogen and oxygen atoms in total. The smallest absolute Gasteiger partial charge is 0.341 e. The van der Waals surface area contributed by atoms with Crippen molar-refractivity contribution < 1.29 is 19.4 Å². The zero-order chi connectivity index (χ0) is 19.3. The number of aliphatic carboxylic acids is 1. The molecule has 2 aromatic rings. The number of thiazole rings is 1. The van der Waals surface area contributed by atoms with E-state index in [2.05, 4.69) is 4.98 Å². The number of carboxylic acids is 1. The quantitative estimate of drug-likeness (QED) is 0.764. The summed E-state index contributed by atoms with van der Waals surface area (Å²) in [5.41, 5.74) is 2.08. The number of carbonyl (C=O) groups excluding carboxylic acids is 1. The van der Waals surface area contributed by atoms with Crippen molar-refractivity contribution >= 4 is 23.2 Å². The number of hydrogen-bond acceptors (Lipinski definition) is 5. The van der Waals surface area contributed by atoms with Gasteiger partial charge in [0, 0.05) is 36.1 Å². The van der Waals surface area contributed by atoms with Crippen molar-refractivity contribution in [3.05, 3.63) is 45.4 Å². The lowest BCUT2D eigenvalue weighted by Crippen LogP contribution is -2.38. The number of hydrogen-bond donors (Lipinski definition) is 1. The van der Waals surface area contributed by atoms with E-state index in [9.17, 15) is 9.59 Å². The zero-order valence-electron chi connectivity index (χ0n) is 15.5. The highest BCUT2D eigenvalue weighted by molar-refractivity contribution is 7.09. The Morgan fingerprint density at radius 2 is 1.92 bits per heavy atom. The number of amides is 1. The standard InChI is InChI=1S/C19H24N2O4S/c1-12(2)21(7-5-16-20-6-8-26-16)19(24)15-9-13(3)18(14(4)10-15)25-11-17(22)23/h6,8-10,12H,5,7,11H2,1-4H3,(H,22,23). The van der Waals surface area contributed by atoms with Crippen LogP contribution in [0.1, 0.15) is 40.3 Å². The maximum absolute atomic E-state index is 13.0. The molecule has 1 heterocycles. The highest BCUT2D eigenvalue weighted by Crippen LogP contribution is 2.26. The summed E-state index contributed by atoms with van der Waals surface area (Å²) < 4.78 is 5.34. The molecule has 1 aromatic carbocycles. The second-order valence-corrected chi connectivity index (χ2v) is 7.37. The van der Waals surface area contributed by atoms with Crippen LogP contribution in [0.3, 0.4) is 0 Å². The van der Waals surface area contributed by atoms with Crippen LogP contribution in [0.5, 0.6) is 5.75 Å². The number of ether oxygens (including phenoxy) is 1. The lowest BCUT2D eigenvalue weighted by molar-refractivity contribution is -0.139. The fraction of sp³-hybridized carbons (Fsp3) is 0.421. The van der Waals surface area contributed by atoms with Gasteiger partial charge in [0.2, 0.25) is 0 Å². The molecule has 0 spiro atoms. The first-order valence-electron chi connectivity index (χ1n) is 8.44. The van der Waals surface area contributed by atoms with Crippen LogP contribution in [0, 0.1) is 13.8 Å². The summed E-state index contributed by atoms with van der Waals surface area (Å²) in [6, 6.07) is 3.57. The third-order valence-electron chi connectivity index (χ3n) is 3.98. The predicted octanol–water partition coefficient (Wildman–Crippen LogP) is 3.32. The SMILES string of the molecule is Cc1cc(C(=O)N(CCc2nccs2)C(C)C)cc(C)c1OCC(=O)O. The summed E-state index contributed by atoms with van der Waals surface area (Å²) in [6.45, 7) is 7.81. The Hall–Kier alpha value is -2.41. The van der Waals surface area contributed by atoms with Gasteiger partial charge in [0.25, 0.3) is 5.91 Å². The Morgan fingerprint density at radius 3 is 2.42 bits per heavy atom. The molecular formula is C19H24N2O4S. The molecule has 1 amide bonds. The first-order valence-corrected chi connectivity index (χ1v) is 9.32. The van der Waals surface area contributed by atoms with Gasteiger partial charge in [-0.2, -0.15) is 0 Å². The number of aryl methyl sites for hydroxylation is 2. The number of carbonyl (C=O) groups is 2. The molecule has 0 aliphatic carbocycles. The van der Waals surface area contributed by atoms with Crippen molar-refractivity contribution in [3.8, 4) is 5.75 Å². The van der Waals surface area contributed by atoms with Gasteiger partial charge in [-0.25, -0.2) is 9.78 Å². The molecule has 0 unspecified atom stereocenters. The van der Waals surface area contributed by atoms with E-state index in [1.165, 1.54) is 0 Å². The molecule has 0 atom stereocenters. The molecule has 0 aliphatic heterocycles. The number of benzene rings is 1. The van der Waals surface area contributed by atoms with Gasteiger partial charge < -0.3 is 14.7 Å². The van der Waals surface area contributed by atoms with E-state index in [0.29, 0.717) is 17.9 Å². The Labute approximate surface area is 157 Å². The van der Waals surface area contributed by atoms with Crippen LogP contribution >= 0.6 is 11.3 Å². The lowest BCUT2D eigenvalue weighted by Gasteiger charge is -2.27. The second kappa shape index (κ2) is 8.80. The second-order valence-electron chi connectivity index (χ2n) is 6.39. The van der Waals surface area contributed by atoms with Crippen molar-refractivity contribution in [1.82, 2.24) is 9.88 Å². The highest BCUT2D eigenvalue weighted by Gasteiger charge is 2.21. The zero-order valence-corrected chi connectivity index (χ0v) is 16.3. The van der Waals surface area contributed by atoms with Crippen LogP contribution in [0.4, 0.5) is 0 Å². The molecule has 7 heteroatoms. The van der Waals surface area contributed by atoms with Crippen LogP contribution in [0.2, 0.25) is 0 Å². The van der Waals surface area contributed by atoms with Gasteiger partial charge >= 0.3 is 5.97 Å². The fourth-order valence-corrected chi connectivity index (χ4v) is 3.40. The van der Waals surface area contributed by atoms with Crippen molar-refractivity contribution in [2.45, 2.75) is 40.2 Å². The Balaban J connectivity index is 2.18. The number of aromatic nitrogens is 1. The normalized spacial score (nSPS) is 10.8. The van der Waals surface area contributed by atoms with E-state index in [-0.39, 0.29) is 11.9 Å². The van der Waals surface area contributed by atoms with E-state index in [1.54, 1.807) is 29.7 Å². The summed E-state index contributed by atoms with van der Waals surface area (Å²) >= 11 is 1.59. The van der Waals surface area contributed by atoms with Gasteiger partial charge in [-0.3, -0.25) is 4.79 Å². The Bertz CT molecular complexity index is 749. The van der Waals surface area contributed by atoms with Gasteiger partial charge in [0.1, 0.15) is 5.75 Å². The van der Waals surface area contributed by atoms with E-state index < -0.39 is 12.6 Å². The van der Waals surface area contributed by atoms with Crippen molar-refractivity contribution in [3.63, 3.8) is 0 Å².